The van der Waals surface area contributed by atoms with E-state index in [-0.39, 0.29) is 5.91 Å². The van der Waals surface area contributed by atoms with Crippen molar-refractivity contribution in [2.45, 2.75) is 38.9 Å². The molecule has 0 aromatic carbocycles. The molecular formula is C15H19N5O. The van der Waals surface area contributed by atoms with E-state index in [1.165, 1.54) is 0 Å². The van der Waals surface area contributed by atoms with E-state index in [0.717, 1.165) is 18.4 Å². The van der Waals surface area contributed by atoms with Crippen LogP contribution in [0.4, 0.5) is 5.69 Å². The standard InChI is InChI=1S/C15H19N5O/c1-2-20-14(13(16)9-18-20)15(21)19(12-5-6-12)10-11-4-3-7-17-8-11/h3-4,7-9,12H,2,5-6,10,16H2,1H3. The molecule has 0 radical (unpaired) electrons. The van der Waals surface area contributed by atoms with E-state index < -0.39 is 0 Å². The average Bonchev–Trinajstić information content (AvgIpc) is 3.27. The Kier molecular flexibility index (Phi) is 3.60. The first-order valence-corrected chi connectivity index (χ1v) is 7.22. The third-order valence-electron chi connectivity index (χ3n) is 3.69. The second-order valence-electron chi connectivity index (χ2n) is 5.29. The number of nitrogen functional groups attached to an aromatic ring is 1. The van der Waals surface area contributed by atoms with E-state index in [9.17, 15) is 4.79 Å². The molecule has 0 aliphatic heterocycles. The van der Waals surface area contributed by atoms with Crippen molar-refractivity contribution in [2.24, 2.45) is 0 Å². The molecule has 1 saturated carbocycles. The summed E-state index contributed by atoms with van der Waals surface area (Å²) in [4.78, 5) is 18.9. The van der Waals surface area contributed by atoms with Gasteiger partial charge in [-0.3, -0.25) is 14.5 Å². The lowest BCUT2D eigenvalue weighted by Gasteiger charge is -2.23. The molecule has 6 heteroatoms. The Morgan fingerprint density at radius 1 is 1.48 bits per heavy atom. The molecule has 1 aliphatic carbocycles. The fraction of sp³-hybridized carbons (Fsp3) is 0.400. The van der Waals surface area contributed by atoms with E-state index in [4.69, 9.17) is 5.73 Å². The Morgan fingerprint density at radius 3 is 2.90 bits per heavy atom. The van der Waals surface area contributed by atoms with Gasteiger partial charge in [-0.25, -0.2) is 0 Å². The predicted molar refractivity (Wildman–Crippen MR) is 79.4 cm³/mol. The van der Waals surface area contributed by atoms with Gasteiger partial charge in [0.1, 0.15) is 5.69 Å². The molecule has 2 heterocycles. The van der Waals surface area contributed by atoms with E-state index in [1.807, 2.05) is 24.0 Å². The number of pyridine rings is 1. The van der Waals surface area contributed by atoms with Crippen molar-refractivity contribution in [1.29, 1.82) is 0 Å². The van der Waals surface area contributed by atoms with Gasteiger partial charge >= 0.3 is 0 Å². The smallest absolute Gasteiger partial charge is 0.274 e. The van der Waals surface area contributed by atoms with Gasteiger partial charge in [-0.15, -0.1) is 0 Å². The van der Waals surface area contributed by atoms with Crippen molar-refractivity contribution in [3.8, 4) is 0 Å². The highest BCUT2D eigenvalue weighted by Gasteiger charge is 2.35. The van der Waals surface area contributed by atoms with Crippen molar-refractivity contribution in [2.75, 3.05) is 5.73 Å². The van der Waals surface area contributed by atoms with Crippen molar-refractivity contribution in [3.05, 3.63) is 42.0 Å². The fourth-order valence-electron chi connectivity index (χ4n) is 2.45. The van der Waals surface area contributed by atoms with Crippen LogP contribution in [0.25, 0.3) is 0 Å². The third-order valence-corrected chi connectivity index (χ3v) is 3.69. The Labute approximate surface area is 123 Å². The monoisotopic (exact) mass is 285 g/mol. The fourth-order valence-corrected chi connectivity index (χ4v) is 2.45. The van der Waals surface area contributed by atoms with Crippen LogP contribution < -0.4 is 5.73 Å². The number of carbonyl (C=O) groups excluding carboxylic acids is 1. The summed E-state index contributed by atoms with van der Waals surface area (Å²) in [6.07, 6.45) is 7.17. The number of rotatable bonds is 5. The molecule has 6 nitrogen and oxygen atoms in total. The van der Waals surface area contributed by atoms with Crippen LogP contribution in [0.5, 0.6) is 0 Å². The lowest BCUT2D eigenvalue weighted by Crippen LogP contribution is -2.34. The molecule has 0 unspecified atom stereocenters. The zero-order valence-electron chi connectivity index (χ0n) is 12.1. The molecule has 110 valence electrons. The van der Waals surface area contributed by atoms with Crippen LogP contribution in [-0.2, 0) is 13.1 Å². The highest BCUT2D eigenvalue weighted by atomic mass is 16.2. The summed E-state index contributed by atoms with van der Waals surface area (Å²) in [5, 5.41) is 4.16. The summed E-state index contributed by atoms with van der Waals surface area (Å²) in [5.74, 6) is -0.0433. The van der Waals surface area contributed by atoms with Crippen LogP contribution in [0.3, 0.4) is 0 Å². The average molecular weight is 285 g/mol. The molecule has 0 atom stereocenters. The van der Waals surface area contributed by atoms with Gasteiger partial charge in [0.05, 0.1) is 11.9 Å². The van der Waals surface area contributed by atoms with Crippen molar-refractivity contribution < 1.29 is 4.79 Å². The van der Waals surface area contributed by atoms with E-state index in [2.05, 4.69) is 10.1 Å². The minimum atomic E-state index is -0.0433. The van der Waals surface area contributed by atoms with Crippen LogP contribution in [0.15, 0.2) is 30.7 Å². The number of aryl methyl sites for hydroxylation is 1. The van der Waals surface area contributed by atoms with E-state index in [0.29, 0.717) is 30.5 Å². The quantitative estimate of drug-likeness (QED) is 0.906. The van der Waals surface area contributed by atoms with Crippen LogP contribution in [0, 0.1) is 0 Å². The zero-order valence-corrected chi connectivity index (χ0v) is 12.1. The lowest BCUT2D eigenvalue weighted by atomic mass is 10.2. The first-order valence-electron chi connectivity index (χ1n) is 7.22. The second-order valence-corrected chi connectivity index (χ2v) is 5.29. The number of amides is 1. The van der Waals surface area contributed by atoms with Crippen LogP contribution in [0.1, 0.15) is 35.8 Å². The molecule has 21 heavy (non-hydrogen) atoms. The highest BCUT2D eigenvalue weighted by molar-refractivity contribution is 5.97. The van der Waals surface area contributed by atoms with Crippen LogP contribution in [-0.4, -0.2) is 31.6 Å². The summed E-state index contributed by atoms with van der Waals surface area (Å²) in [6, 6.07) is 4.17. The number of nitrogens with zero attached hydrogens (tertiary/aromatic N) is 4. The zero-order chi connectivity index (χ0) is 14.8. The van der Waals surface area contributed by atoms with Gasteiger partial charge in [0, 0.05) is 31.5 Å². The topological polar surface area (TPSA) is 77.0 Å². The number of nitrogens with two attached hydrogens (primary N) is 1. The summed E-state index contributed by atoms with van der Waals surface area (Å²) >= 11 is 0. The highest BCUT2D eigenvalue weighted by Crippen LogP contribution is 2.30. The van der Waals surface area contributed by atoms with Gasteiger partial charge in [0.15, 0.2) is 0 Å². The molecule has 2 aromatic heterocycles. The number of hydrogen-bond donors (Lipinski definition) is 1. The van der Waals surface area contributed by atoms with Crippen molar-refractivity contribution >= 4 is 11.6 Å². The maximum Gasteiger partial charge on any atom is 0.274 e. The lowest BCUT2D eigenvalue weighted by molar-refractivity contribution is 0.0718. The Hall–Kier alpha value is -2.37. The largest absolute Gasteiger partial charge is 0.396 e. The van der Waals surface area contributed by atoms with Crippen molar-refractivity contribution in [3.63, 3.8) is 0 Å². The molecule has 2 N–H and O–H groups in total. The summed E-state index contributed by atoms with van der Waals surface area (Å²) in [7, 11) is 0. The number of anilines is 1. The molecule has 0 saturated heterocycles. The summed E-state index contributed by atoms with van der Waals surface area (Å²) in [5.41, 5.74) is 7.89. The predicted octanol–water partition coefficient (Wildman–Crippen LogP) is 1.68. The minimum Gasteiger partial charge on any atom is -0.396 e. The van der Waals surface area contributed by atoms with Gasteiger partial charge in [-0.1, -0.05) is 6.07 Å². The van der Waals surface area contributed by atoms with E-state index >= 15 is 0 Å². The molecule has 1 fully saturated rings. The first kappa shape index (κ1) is 13.6. The SMILES string of the molecule is CCn1ncc(N)c1C(=O)N(Cc1cccnc1)C1CC1. The molecule has 1 aliphatic rings. The Bertz CT molecular complexity index is 633. The van der Waals surface area contributed by atoms with Gasteiger partial charge in [-0.2, -0.15) is 5.10 Å². The Balaban J connectivity index is 1.87. The summed E-state index contributed by atoms with van der Waals surface area (Å²) < 4.78 is 1.66. The molecule has 2 aromatic rings. The third kappa shape index (κ3) is 2.74. The van der Waals surface area contributed by atoms with Crippen LogP contribution in [0.2, 0.25) is 0 Å². The number of aromatic nitrogens is 3. The molecule has 0 spiro atoms. The van der Waals surface area contributed by atoms with Gasteiger partial charge < -0.3 is 10.6 Å². The molecule has 3 rings (SSSR count). The van der Waals surface area contributed by atoms with Gasteiger partial charge in [0.2, 0.25) is 0 Å². The van der Waals surface area contributed by atoms with Crippen LogP contribution >= 0.6 is 0 Å². The molecule has 0 bridgehead atoms. The first-order chi connectivity index (χ1) is 10.2. The summed E-state index contributed by atoms with van der Waals surface area (Å²) in [6.45, 7) is 3.14. The Morgan fingerprint density at radius 2 is 2.29 bits per heavy atom. The number of hydrogen-bond acceptors (Lipinski definition) is 4. The second kappa shape index (κ2) is 5.55. The normalized spacial score (nSPS) is 14.1. The minimum absolute atomic E-state index is 0.0433. The van der Waals surface area contributed by atoms with Crippen molar-refractivity contribution in [1.82, 2.24) is 19.7 Å². The maximum atomic E-state index is 12.9. The van der Waals surface area contributed by atoms with Gasteiger partial charge in [-0.05, 0) is 31.4 Å². The maximum absolute atomic E-state index is 12.9. The number of carbonyl (C=O) groups is 1. The molecular weight excluding hydrogens is 266 g/mol. The molecule has 1 amide bonds. The van der Waals surface area contributed by atoms with E-state index in [1.54, 1.807) is 23.3 Å². The van der Waals surface area contributed by atoms with Gasteiger partial charge in [0.25, 0.3) is 5.91 Å².